The van der Waals surface area contributed by atoms with Gasteiger partial charge in [-0.2, -0.15) is 0 Å². The highest BCUT2D eigenvalue weighted by Crippen LogP contribution is 2.14. The van der Waals surface area contributed by atoms with Crippen LogP contribution in [0, 0.1) is 0 Å². The molecule has 1 aliphatic rings. The average Bonchev–Trinajstić information content (AvgIpc) is 3.23. The van der Waals surface area contributed by atoms with Crippen molar-refractivity contribution >= 4 is 12.0 Å². The molecular weight excluding hydrogens is 212 g/mol. The van der Waals surface area contributed by atoms with Crippen molar-refractivity contribution in [1.82, 2.24) is 0 Å². The summed E-state index contributed by atoms with van der Waals surface area (Å²) >= 11 is 0. The van der Waals surface area contributed by atoms with Crippen molar-refractivity contribution in [2.45, 2.75) is 19.3 Å². The molecule has 0 saturated heterocycles. The summed E-state index contributed by atoms with van der Waals surface area (Å²) in [6.45, 7) is 0. The minimum atomic E-state index is -0.345. The summed E-state index contributed by atoms with van der Waals surface area (Å²) in [4.78, 5) is 10.7. The number of carbonyl (C=O) groups excluding carboxylic acids is 1. The van der Waals surface area contributed by atoms with Crippen molar-refractivity contribution in [1.29, 1.82) is 0 Å². The smallest absolute Gasteiger partial charge is 0.330 e. The van der Waals surface area contributed by atoms with Crippen LogP contribution < -0.4 is 0 Å². The third-order valence-corrected chi connectivity index (χ3v) is 1.99. The maximum atomic E-state index is 10.7. The van der Waals surface area contributed by atoms with E-state index in [0.717, 1.165) is 5.56 Å². The van der Waals surface area contributed by atoms with E-state index in [0.29, 0.717) is 0 Å². The van der Waals surface area contributed by atoms with Gasteiger partial charge in [0.1, 0.15) is 0 Å². The van der Waals surface area contributed by atoms with E-state index in [-0.39, 0.29) is 5.97 Å². The summed E-state index contributed by atoms with van der Waals surface area (Å²) in [5.74, 6) is -0.345. The van der Waals surface area contributed by atoms with Crippen molar-refractivity contribution in [3.63, 3.8) is 0 Å². The van der Waals surface area contributed by atoms with Crippen LogP contribution in [-0.4, -0.2) is 13.1 Å². The first-order valence-corrected chi connectivity index (χ1v) is 5.80. The first kappa shape index (κ1) is 13.2. The topological polar surface area (TPSA) is 26.3 Å². The van der Waals surface area contributed by atoms with Crippen LogP contribution in [-0.2, 0) is 9.53 Å². The molecule has 1 aromatic carbocycles. The van der Waals surface area contributed by atoms with Gasteiger partial charge < -0.3 is 4.74 Å². The van der Waals surface area contributed by atoms with Crippen LogP contribution >= 0.6 is 0 Å². The van der Waals surface area contributed by atoms with Crippen molar-refractivity contribution < 1.29 is 9.53 Å². The minimum Gasteiger partial charge on any atom is -0.466 e. The molecule has 1 aromatic rings. The molecule has 2 nitrogen and oxygen atoms in total. The quantitative estimate of drug-likeness (QED) is 0.450. The van der Waals surface area contributed by atoms with Gasteiger partial charge in [0.05, 0.1) is 7.11 Å². The molecule has 17 heavy (non-hydrogen) atoms. The van der Waals surface area contributed by atoms with Crippen LogP contribution in [0.25, 0.3) is 6.08 Å². The Balaban J connectivity index is 0.000000415. The zero-order valence-electron chi connectivity index (χ0n) is 10.1. The maximum absolute atomic E-state index is 10.7. The second kappa shape index (κ2) is 8.34. The van der Waals surface area contributed by atoms with Crippen molar-refractivity contribution in [2.75, 3.05) is 7.11 Å². The van der Waals surface area contributed by atoms with Gasteiger partial charge in [0, 0.05) is 6.08 Å². The van der Waals surface area contributed by atoms with Gasteiger partial charge in [0.15, 0.2) is 0 Å². The largest absolute Gasteiger partial charge is 0.466 e. The van der Waals surface area contributed by atoms with Crippen LogP contribution in [0.5, 0.6) is 0 Å². The van der Waals surface area contributed by atoms with E-state index in [1.807, 2.05) is 36.4 Å². The van der Waals surface area contributed by atoms with Crippen molar-refractivity contribution in [3.8, 4) is 0 Å². The van der Waals surface area contributed by atoms with Crippen LogP contribution in [0.15, 0.2) is 48.6 Å². The molecule has 0 spiro atoms. The number of esters is 1. The van der Waals surface area contributed by atoms with Gasteiger partial charge in [0.2, 0.25) is 0 Å². The number of allylic oxidation sites excluding steroid dienone is 2. The average molecular weight is 230 g/mol. The molecule has 0 atom stereocenters. The van der Waals surface area contributed by atoms with Gasteiger partial charge in [-0.1, -0.05) is 67.8 Å². The van der Waals surface area contributed by atoms with E-state index in [1.54, 1.807) is 12.2 Å². The molecule has 0 bridgehead atoms. The van der Waals surface area contributed by atoms with E-state index >= 15 is 0 Å². The SMILES string of the molecule is C1CC1.COC(=O)C=CC=Cc1ccccc1. The molecule has 1 saturated carbocycles. The Morgan fingerprint density at radius 1 is 1.12 bits per heavy atom. The number of hydrogen-bond acceptors (Lipinski definition) is 2. The third-order valence-electron chi connectivity index (χ3n) is 1.99. The van der Waals surface area contributed by atoms with Crippen molar-refractivity contribution in [3.05, 3.63) is 54.1 Å². The number of methoxy groups -OCH3 is 1. The highest BCUT2D eigenvalue weighted by atomic mass is 16.5. The fourth-order valence-corrected chi connectivity index (χ4v) is 0.933. The molecule has 0 radical (unpaired) electrons. The summed E-state index contributed by atoms with van der Waals surface area (Å²) in [7, 11) is 1.35. The second-order valence-corrected chi connectivity index (χ2v) is 3.71. The molecule has 0 heterocycles. The van der Waals surface area contributed by atoms with Gasteiger partial charge in [-0.25, -0.2) is 4.79 Å². The normalized spacial score (nSPS) is 13.2. The Labute approximate surface area is 103 Å². The van der Waals surface area contributed by atoms with Gasteiger partial charge in [0.25, 0.3) is 0 Å². The fourth-order valence-electron chi connectivity index (χ4n) is 0.933. The number of hydrogen-bond donors (Lipinski definition) is 0. The standard InChI is InChI=1S/C12H12O2.C3H6/c1-14-12(13)10-6-5-9-11-7-3-2-4-8-11;1-2-3-1/h2-10H,1H3;1-3H2. The number of rotatable bonds is 3. The molecule has 0 amide bonds. The number of carbonyl (C=O) groups is 1. The molecule has 90 valence electrons. The fraction of sp³-hybridized carbons (Fsp3) is 0.267. The molecule has 0 aromatic heterocycles. The van der Waals surface area contributed by atoms with E-state index in [2.05, 4.69) is 4.74 Å². The van der Waals surface area contributed by atoms with Gasteiger partial charge in [-0.3, -0.25) is 0 Å². The molecule has 1 aliphatic carbocycles. The maximum Gasteiger partial charge on any atom is 0.330 e. The molecule has 0 aliphatic heterocycles. The Morgan fingerprint density at radius 2 is 1.76 bits per heavy atom. The summed E-state index contributed by atoms with van der Waals surface area (Å²) < 4.78 is 4.44. The van der Waals surface area contributed by atoms with Crippen LogP contribution in [0.3, 0.4) is 0 Å². The highest BCUT2D eigenvalue weighted by Gasteiger charge is 1.95. The molecule has 2 heteroatoms. The predicted molar refractivity (Wildman–Crippen MR) is 70.5 cm³/mol. The lowest BCUT2D eigenvalue weighted by molar-refractivity contribution is -0.134. The van der Waals surface area contributed by atoms with E-state index < -0.39 is 0 Å². The van der Waals surface area contributed by atoms with Crippen LogP contribution in [0.1, 0.15) is 24.8 Å². The van der Waals surface area contributed by atoms with E-state index in [4.69, 9.17) is 0 Å². The minimum absolute atomic E-state index is 0.345. The summed E-state index contributed by atoms with van der Waals surface area (Å²) in [6.07, 6.45) is 11.2. The Kier molecular flexibility index (Phi) is 6.49. The van der Waals surface area contributed by atoms with Gasteiger partial charge in [-0.15, -0.1) is 0 Å². The summed E-state index contributed by atoms with van der Waals surface area (Å²) in [5, 5.41) is 0. The lowest BCUT2D eigenvalue weighted by atomic mass is 10.2. The van der Waals surface area contributed by atoms with Crippen molar-refractivity contribution in [2.24, 2.45) is 0 Å². The summed E-state index contributed by atoms with van der Waals surface area (Å²) in [6, 6.07) is 9.86. The Bertz CT molecular complexity index is 372. The predicted octanol–water partition coefficient (Wildman–Crippen LogP) is 3.60. The van der Waals surface area contributed by atoms with Gasteiger partial charge in [-0.05, 0) is 5.56 Å². The lowest BCUT2D eigenvalue weighted by Crippen LogP contribution is -1.92. The second-order valence-electron chi connectivity index (χ2n) is 3.71. The molecule has 0 unspecified atom stereocenters. The van der Waals surface area contributed by atoms with Gasteiger partial charge >= 0.3 is 5.97 Å². The molecular formula is C15H18O2. The zero-order valence-corrected chi connectivity index (χ0v) is 10.1. The Hall–Kier alpha value is -1.83. The van der Waals surface area contributed by atoms with E-state index in [1.165, 1.54) is 32.4 Å². The first-order valence-electron chi connectivity index (χ1n) is 5.80. The molecule has 2 rings (SSSR count). The number of ether oxygens (including phenoxy) is 1. The Morgan fingerprint density at radius 3 is 2.29 bits per heavy atom. The first-order chi connectivity index (χ1) is 8.33. The lowest BCUT2D eigenvalue weighted by Gasteiger charge is -1.89. The van der Waals surface area contributed by atoms with Crippen LogP contribution in [0.2, 0.25) is 0 Å². The monoisotopic (exact) mass is 230 g/mol. The third kappa shape index (κ3) is 8.03. The van der Waals surface area contributed by atoms with E-state index in [9.17, 15) is 4.79 Å². The van der Waals surface area contributed by atoms with Crippen LogP contribution in [0.4, 0.5) is 0 Å². The zero-order chi connectivity index (χ0) is 12.3. The number of benzene rings is 1. The summed E-state index contributed by atoms with van der Waals surface area (Å²) in [5.41, 5.74) is 1.10. The molecule has 1 fully saturated rings. The highest BCUT2D eigenvalue weighted by molar-refractivity contribution is 5.82. The molecule has 0 N–H and O–H groups in total.